The second-order valence-electron chi connectivity index (χ2n) is 6.32. The minimum absolute atomic E-state index is 0.0374. The van der Waals surface area contributed by atoms with E-state index in [4.69, 9.17) is 4.74 Å². The van der Waals surface area contributed by atoms with Crippen molar-refractivity contribution in [3.8, 4) is 5.75 Å². The van der Waals surface area contributed by atoms with E-state index in [-0.39, 0.29) is 11.9 Å². The van der Waals surface area contributed by atoms with Crippen molar-refractivity contribution >= 4 is 11.6 Å². The Bertz CT molecular complexity index is 714. The second kappa shape index (κ2) is 7.49. The number of carbonyl (C=O) groups is 1. The summed E-state index contributed by atoms with van der Waals surface area (Å²) in [7, 11) is 1.68. The molecular formula is C20H24N2O2. The maximum absolute atomic E-state index is 12.4. The van der Waals surface area contributed by atoms with Crippen molar-refractivity contribution < 1.29 is 9.53 Å². The summed E-state index contributed by atoms with van der Waals surface area (Å²) in [5, 5.41) is 3.00. The maximum atomic E-state index is 12.4. The number of nitrogens with one attached hydrogen (secondary N) is 1. The normalized spacial score (nSPS) is 17.7. The Morgan fingerprint density at radius 3 is 2.88 bits per heavy atom. The minimum atomic E-state index is 0.0374. The maximum Gasteiger partial charge on any atom is 0.238 e. The first kappa shape index (κ1) is 16.5. The third kappa shape index (κ3) is 3.95. The summed E-state index contributed by atoms with van der Waals surface area (Å²) < 4.78 is 5.32. The standard InChI is InChI=1S/C20H24N2O2/c1-15-6-3-8-17(12-15)21-20(23)14-22-11-5-10-19(22)16-7-4-9-18(13-16)24-2/h3-4,6-9,12-13,19H,5,10-11,14H2,1-2H3,(H,21,23)/t19-/m0/s1. The molecule has 24 heavy (non-hydrogen) atoms. The first-order valence-corrected chi connectivity index (χ1v) is 8.40. The lowest BCUT2D eigenvalue weighted by atomic mass is 10.0. The number of nitrogens with zero attached hydrogens (tertiary/aromatic N) is 1. The number of ether oxygens (including phenoxy) is 1. The van der Waals surface area contributed by atoms with Gasteiger partial charge in [0.25, 0.3) is 0 Å². The van der Waals surface area contributed by atoms with Crippen molar-refractivity contribution in [3.05, 3.63) is 59.7 Å². The summed E-state index contributed by atoms with van der Waals surface area (Å²) in [5.74, 6) is 0.902. The van der Waals surface area contributed by atoms with Gasteiger partial charge in [0.1, 0.15) is 5.75 Å². The number of benzene rings is 2. The van der Waals surface area contributed by atoms with Gasteiger partial charge in [-0.15, -0.1) is 0 Å². The Kier molecular flexibility index (Phi) is 5.16. The van der Waals surface area contributed by atoms with E-state index in [1.54, 1.807) is 7.11 Å². The van der Waals surface area contributed by atoms with Crippen LogP contribution in [-0.4, -0.2) is 31.0 Å². The molecule has 1 amide bonds. The molecule has 0 saturated carbocycles. The van der Waals surface area contributed by atoms with Crippen molar-refractivity contribution in [1.29, 1.82) is 0 Å². The largest absolute Gasteiger partial charge is 0.497 e. The van der Waals surface area contributed by atoms with Crippen LogP contribution >= 0.6 is 0 Å². The lowest BCUT2D eigenvalue weighted by Gasteiger charge is -2.24. The highest BCUT2D eigenvalue weighted by Crippen LogP contribution is 2.33. The Balaban J connectivity index is 1.66. The third-order valence-corrected chi connectivity index (χ3v) is 4.49. The number of rotatable bonds is 5. The molecule has 0 aliphatic carbocycles. The Hall–Kier alpha value is -2.33. The molecule has 1 atom stereocenters. The van der Waals surface area contributed by atoms with Gasteiger partial charge in [0.15, 0.2) is 0 Å². The van der Waals surface area contributed by atoms with Crippen LogP contribution < -0.4 is 10.1 Å². The number of likely N-dealkylation sites (tertiary alicyclic amines) is 1. The highest BCUT2D eigenvalue weighted by atomic mass is 16.5. The molecule has 1 fully saturated rings. The molecule has 1 N–H and O–H groups in total. The van der Waals surface area contributed by atoms with E-state index in [1.807, 2.05) is 43.3 Å². The number of hydrogen-bond donors (Lipinski definition) is 1. The van der Waals surface area contributed by atoms with Crippen LogP contribution in [0.4, 0.5) is 5.69 Å². The second-order valence-corrected chi connectivity index (χ2v) is 6.32. The van der Waals surface area contributed by atoms with Gasteiger partial charge in [-0.3, -0.25) is 9.69 Å². The average Bonchev–Trinajstić information content (AvgIpc) is 3.03. The Labute approximate surface area is 143 Å². The lowest BCUT2D eigenvalue weighted by Crippen LogP contribution is -2.32. The van der Waals surface area contributed by atoms with Crippen LogP contribution in [0, 0.1) is 6.92 Å². The van der Waals surface area contributed by atoms with Crippen LogP contribution in [-0.2, 0) is 4.79 Å². The van der Waals surface area contributed by atoms with Gasteiger partial charge in [-0.25, -0.2) is 0 Å². The van der Waals surface area contributed by atoms with Crippen LogP contribution in [0.5, 0.6) is 5.75 Å². The van der Waals surface area contributed by atoms with Crippen LogP contribution in [0.15, 0.2) is 48.5 Å². The van der Waals surface area contributed by atoms with Gasteiger partial charge in [-0.1, -0.05) is 24.3 Å². The van der Waals surface area contributed by atoms with Gasteiger partial charge in [0.2, 0.25) is 5.91 Å². The van der Waals surface area contributed by atoms with Crippen molar-refractivity contribution in [1.82, 2.24) is 4.90 Å². The molecule has 126 valence electrons. The smallest absolute Gasteiger partial charge is 0.238 e. The fraction of sp³-hybridized carbons (Fsp3) is 0.350. The van der Waals surface area contributed by atoms with Gasteiger partial charge in [0, 0.05) is 11.7 Å². The summed E-state index contributed by atoms with van der Waals surface area (Å²) in [6, 6.07) is 16.3. The van der Waals surface area contributed by atoms with Crippen LogP contribution in [0.1, 0.15) is 30.0 Å². The summed E-state index contributed by atoms with van der Waals surface area (Å²) in [6.45, 7) is 3.38. The fourth-order valence-electron chi connectivity index (χ4n) is 3.35. The number of amides is 1. The molecule has 2 aromatic rings. The fourth-order valence-corrected chi connectivity index (χ4v) is 3.35. The molecule has 1 saturated heterocycles. The van der Waals surface area contributed by atoms with Gasteiger partial charge in [0.05, 0.1) is 13.7 Å². The van der Waals surface area contributed by atoms with E-state index >= 15 is 0 Å². The summed E-state index contributed by atoms with van der Waals surface area (Å²) in [6.07, 6.45) is 2.19. The Morgan fingerprint density at radius 1 is 1.25 bits per heavy atom. The molecule has 1 heterocycles. The summed E-state index contributed by atoms with van der Waals surface area (Å²) >= 11 is 0. The molecule has 1 aliphatic rings. The van der Waals surface area contributed by atoms with Gasteiger partial charge in [-0.2, -0.15) is 0 Å². The first-order valence-electron chi connectivity index (χ1n) is 8.40. The van der Waals surface area contributed by atoms with Crippen molar-refractivity contribution in [3.63, 3.8) is 0 Å². The van der Waals surface area contributed by atoms with Gasteiger partial charge in [-0.05, 0) is 61.7 Å². The van der Waals surface area contributed by atoms with E-state index in [2.05, 4.69) is 22.3 Å². The number of aryl methyl sites for hydroxylation is 1. The van der Waals surface area contributed by atoms with Gasteiger partial charge < -0.3 is 10.1 Å². The molecule has 0 aromatic heterocycles. The van der Waals surface area contributed by atoms with Crippen LogP contribution in [0.3, 0.4) is 0 Å². The molecule has 0 radical (unpaired) electrons. The predicted octanol–water partition coefficient (Wildman–Crippen LogP) is 3.78. The molecule has 1 aliphatic heterocycles. The quantitative estimate of drug-likeness (QED) is 0.910. The topological polar surface area (TPSA) is 41.6 Å². The number of hydrogen-bond acceptors (Lipinski definition) is 3. The van der Waals surface area contributed by atoms with Crippen molar-refractivity contribution in [2.45, 2.75) is 25.8 Å². The first-order chi connectivity index (χ1) is 11.7. The van der Waals surface area contributed by atoms with E-state index in [0.29, 0.717) is 6.54 Å². The van der Waals surface area contributed by atoms with Crippen LogP contribution in [0.2, 0.25) is 0 Å². The van der Waals surface area contributed by atoms with E-state index < -0.39 is 0 Å². The average molecular weight is 324 g/mol. The molecule has 4 nitrogen and oxygen atoms in total. The van der Waals surface area contributed by atoms with Gasteiger partial charge >= 0.3 is 0 Å². The predicted molar refractivity (Wildman–Crippen MR) is 96.4 cm³/mol. The zero-order chi connectivity index (χ0) is 16.9. The summed E-state index contributed by atoms with van der Waals surface area (Å²) in [4.78, 5) is 14.7. The molecular weight excluding hydrogens is 300 g/mol. The number of anilines is 1. The monoisotopic (exact) mass is 324 g/mol. The summed E-state index contributed by atoms with van der Waals surface area (Å²) in [5.41, 5.74) is 3.22. The molecule has 0 bridgehead atoms. The minimum Gasteiger partial charge on any atom is -0.497 e. The third-order valence-electron chi connectivity index (χ3n) is 4.49. The molecule has 4 heteroatoms. The van der Waals surface area contributed by atoms with E-state index in [1.165, 1.54) is 5.56 Å². The van der Waals surface area contributed by atoms with E-state index in [0.717, 1.165) is 36.4 Å². The molecule has 0 unspecified atom stereocenters. The highest BCUT2D eigenvalue weighted by Gasteiger charge is 2.27. The molecule has 2 aromatic carbocycles. The SMILES string of the molecule is COc1cccc([C@@H]2CCCN2CC(=O)Nc2cccc(C)c2)c1. The zero-order valence-corrected chi connectivity index (χ0v) is 14.3. The Morgan fingerprint density at radius 2 is 2.08 bits per heavy atom. The number of methoxy groups -OCH3 is 1. The number of carbonyl (C=O) groups excluding carboxylic acids is 1. The molecule has 3 rings (SSSR count). The van der Waals surface area contributed by atoms with Crippen molar-refractivity contribution in [2.24, 2.45) is 0 Å². The van der Waals surface area contributed by atoms with Crippen LogP contribution in [0.25, 0.3) is 0 Å². The van der Waals surface area contributed by atoms with E-state index in [9.17, 15) is 4.79 Å². The lowest BCUT2D eigenvalue weighted by molar-refractivity contribution is -0.117. The van der Waals surface area contributed by atoms with Crippen molar-refractivity contribution in [2.75, 3.05) is 25.5 Å². The zero-order valence-electron chi connectivity index (χ0n) is 14.3. The highest BCUT2D eigenvalue weighted by molar-refractivity contribution is 5.92. The molecule has 0 spiro atoms.